The molecule has 5 rings (SSSR count). The molecule has 3 atom stereocenters. The van der Waals surface area contributed by atoms with Crippen molar-refractivity contribution in [3.05, 3.63) is 107 Å². The summed E-state index contributed by atoms with van der Waals surface area (Å²) in [5, 5.41) is 22.0. The quantitative estimate of drug-likeness (QED) is 0.0466. The summed E-state index contributed by atoms with van der Waals surface area (Å²) in [6.07, 6.45) is 7.47. The van der Waals surface area contributed by atoms with Crippen LogP contribution in [0, 0.1) is 0 Å². The molecule has 2 amide bonds. The van der Waals surface area contributed by atoms with Gasteiger partial charge in [0.05, 0.1) is 18.8 Å². The minimum atomic E-state index is -0.567. The van der Waals surface area contributed by atoms with E-state index in [1.165, 1.54) is 0 Å². The number of aliphatic hydroxyl groups is 1. The molecule has 0 bridgehead atoms. The van der Waals surface area contributed by atoms with Gasteiger partial charge in [0, 0.05) is 56.6 Å². The number of hydroxylamine groups is 1. The molecule has 0 aliphatic carbocycles. The highest BCUT2D eigenvalue weighted by atomic mass is 32.2. The number of aryl methyl sites for hydroxylation is 1. The SMILES string of the molecule is Cn1ccnc1SCC1CC(c2ccc(CO)cc2)OC(c2cccc(-c3cccc(CNC(=O)CCCCCCC(=O)NO)c3)c2)O1. The molecule has 11 heteroatoms. The van der Waals surface area contributed by atoms with E-state index in [2.05, 4.69) is 34.6 Å². The summed E-state index contributed by atoms with van der Waals surface area (Å²) in [6, 6.07) is 24.3. The van der Waals surface area contributed by atoms with Crippen molar-refractivity contribution in [1.82, 2.24) is 20.3 Å². The van der Waals surface area contributed by atoms with Gasteiger partial charge in [-0.3, -0.25) is 14.8 Å². The van der Waals surface area contributed by atoms with Gasteiger partial charge in [-0.1, -0.05) is 85.3 Å². The minimum absolute atomic E-state index is 0.00159. The van der Waals surface area contributed by atoms with Crippen LogP contribution in [0.4, 0.5) is 0 Å². The maximum absolute atomic E-state index is 12.4. The third kappa shape index (κ3) is 10.2. The number of carbonyl (C=O) groups excluding carboxylic acids is 2. The van der Waals surface area contributed by atoms with Gasteiger partial charge in [0.2, 0.25) is 11.8 Å². The number of carbonyl (C=O) groups is 2. The zero-order valence-corrected chi connectivity index (χ0v) is 28.0. The van der Waals surface area contributed by atoms with E-state index in [1.807, 2.05) is 66.3 Å². The van der Waals surface area contributed by atoms with Crippen LogP contribution in [0.1, 0.15) is 79.6 Å². The largest absolute Gasteiger partial charge is 0.392 e. The fraction of sp³-hybridized carbons (Fsp3) is 0.378. The summed E-state index contributed by atoms with van der Waals surface area (Å²) < 4.78 is 15.1. The van der Waals surface area contributed by atoms with E-state index in [9.17, 15) is 14.7 Å². The van der Waals surface area contributed by atoms with Gasteiger partial charge in [0.15, 0.2) is 11.4 Å². The molecule has 1 fully saturated rings. The molecule has 254 valence electrons. The van der Waals surface area contributed by atoms with Crippen molar-refractivity contribution < 1.29 is 29.4 Å². The van der Waals surface area contributed by atoms with Crippen LogP contribution in [0.5, 0.6) is 0 Å². The topological polar surface area (TPSA) is 135 Å². The Balaban J connectivity index is 1.22. The monoisotopic (exact) mass is 672 g/mol. The minimum Gasteiger partial charge on any atom is -0.392 e. The highest BCUT2D eigenvalue weighted by Crippen LogP contribution is 2.40. The first kappa shape index (κ1) is 35.3. The molecule has 1 aliphatic heterocycles. The average molecular weight is 673 g/mol. The summed E-state index contributed by atoms with van der Waals surface area (Å²) in [5.74, 6) is 0.346. The first-order valence-corrected chi connectivity index (χ1v) is 17.4. The van der Waals surface area contributed by atoms with E-state index < -0.39 is 6.29 Å². The summed E-state index contributed by atoms with van der Waals surface area (Å²) >= 11 is 1.67. The third-order valence-corrected chi connectivity index (χ3v) is 9.57. The van der Waals surface area contributed by atoms with Crippen LogP contribution in [0.3, 0.4) is 0 Å². The Labute approximate surface area is 285 Å². The van der Waals surface area contributed by atoms with Crippen molar-refractivity contribution >= 4 is 23.6 Å². The molecule has 0 spiro atoms. The fourth-order valence-corrected chi connectivity index (χ4v) is 6.63. The van der Waals surface area contributed by atoms with Gasteiger partial charge in [-0.2, -0.15) is 0 Å². The smallest absolute Gasteiger partial charge is 0.243 e. The molecular formula is C37H44N4O6S. The van der Waals surface area contributed by atoms with Gasteiger partial charge in [0.25, 0.3) is 0 Å². The fourth-order valence-electron chi connectivity index (χ4n) is 5.68. The van der Waals surface area contributed by atoms with Crippen LogP contribution in [-0.2, 0) is 39.3 Å². The lowest BCUT2D eigenvalue weighted by molar-refractivity contribution is -0.245. The number of nitrogens with one attached hydrogen (secondary N) is 2. The Morgan fingerprint density at radius 1 is 0.896 bits per heavy atom. The molecule has 3 aromatic carbocycles. The Morgan fingerprint density at radius 2 is 1.62 bits per heavy atom. The summed E-state index contributed by atoms with van der Waals surface area (Å²) in [5.41, 5.74) is 7.53. The molecule has 3 unspecified atom stereocenters. The molecule has 4 N–H and O–H groups in total. The number of hydrogen-bond acceptors (Lipinski definition) is 8. The number of rotatable bonds is 16. The van der Waals surface area contributed by atoms with E-state index >= 15 is 0 Å². The Kier molecular flexibility index (Phi) is 13.2. The van der Waals surface area contributed by atoms with E-state index in [1.54, 1.807) is 23.4 Å². The van der Waals surface area contributed by atoms with Gasteiger partial charge >= 0.3 is 0 Å². The summed E-state index contributed by atoms with van der Waals surface area (Å²) in [6.45, 7) is 0.432. The van der Waals surface area contributed by atoms with E-state index in [0.717, 1.165) is 63.6 Å². The highest BCUT2D eigenvalue weighted by molar-refractivity contribution is 7.99. The third-order valence-electron chi connectivity index (χ3n) is 8.38. The maximum atomic E-state index is 12.4. The second-order valence-corrected chi connectivity index (χ2v) is 13.0. The Morgan fingerprint density at radius 3 is 2.33 bits per heavy atom. The van der Waals surface area contributed by atoms with Crippen molar-refractivity contribution in [2.45, 2.75) is 81.8 Å². The van der Waals surface area contributed by atoms with Crippen LogP contribution in [0.15, 0.2) is 90.3 Å². The summed E-state index contributed by atoms with van der Waals surface area (Å²) in [4.78, 5) is 28.0. The second kappa shape index (κ2) is 18.0. The van der Waals surface area contributed by atoms with Crippen molar-refractivity contribution in [1.29, 1.82) is 0 Å². The van der Waals surface area contributed by atoms with E-state index in [-0.39, 0.29) is 37.0 Å². The number of aliphatic hydroxyl groups excluding tert-OH is 1. The standard InChI is InChI=1S/C37H44N4O6S/c1-41-19-18-38-37(41)48-25-32-22-33(28-16-14-26(24-42)15-17-28)47-36(46-32)31-11-7-10-30(21-31)29-9-6-8-27(20-29)23-39-34(43)12-4-2-3-5-13-35(44)40-45/h6-11,14-21,32-33,36,42,45H,2-5,12-13,22-25H2,1H3,(H,39,43)(H,40,44). The average Bonchev–Trinajstić information content (AvgIpc) is 3.55. The summed E-state index contributed by atoms with van der Waals surface area (Å²) in [7, 11) is 1.98. The Bertz CT molecular complexity index is 1630. The number of hydrogen-bond donors (Lipinski definition) is 4. The van der Waals surface area contributed by atoms with Gasteiger partial charge in [-0.15, -0.1) is 0 Å². The molecule has 0 saturated carbocycles. The van der Waals surface area contributed by atoms with E-state index in [4.69, 9.17) is 14.7 Å². The maximum Gasteiger partial charge on any atom is 0.243 e. The Hall–Kier alpha value is -4.00. The van der Waals surface area contributed by atoms with Crippen LogP contribution in [0.2, 0.25) is 0 Å². The van der Waals surface area contributed by atoms with Crippen molar-refractivity contribution in [3.63, 3.8) is 0 Å². The first-order valence-electron chi connectivity index (χ1n) is 16.4. The molecule has 0 radical (unpaired) electrons. The first-order chi connectivity index (χ1) is 23.4. The van der Waals surface area contributed by atoms with Gasteiger partial charge in [-0.05, 0) is 52.8 Å². The van der Waals surface area contributed by atoms with Gasteiger partial charge in [-0.25, -0.2) is 10.5 Å². The number of aromatic nitrogens is 2. The second-order valence-electron chi connectivity index (χ2n) is 12.0. The number of unbranched alkanes of at least 4 members (excludes halogenated alkanes) is 3. The predicted molar refractivity (Wildman–Crippen MR) is 184 cm³/mol. The van der Waals surface area contributed by atoms with Crippen LogP contribution >= 0.6 is 11.8 Å². The lowest BCUT2D eigenvalue weighted by atomic mass is 9.99. The molecule has 1 saturated heterocycles. The molecule has 2 heterocycles. The zero-order valence-electron chi connectivity index (χ0n) is 27.2. The molecule has 10 nitrogen and oxygen atoms in total. The van der Waals surface area contributed by atoms with Crippen LogP contribution in [-0.4, -0.2) is 43.5 Å². The zero-order chi connectivity index (χ0) is 33.7. The number of thioether (sulfide) groups is 1. The molecule has 1 aromatic heterocycles. The number of amides is 2. The van der Waals surface area contributed by atoms with Crippen LogP contribution < -0.4 is 10.8 Å². The molecule has 4 aromatic rings. The molecular weight excluding hydrogens is 628 g/mol. The van der Waals surface area contributed by atoms with Crippen molar-refractivity contribution in [2.75, 3.05) is 5.75 Å². The van der Waals surface area contributed by atoms with Gasteiger partial charge in [0.1, 0.15) is 0 Å². The van der Waals surface area contributed by atoms with Crippen LogP contribution in [0.25, 0.3) is 11.1 Å². The normalized spacial score (nSPS) is 17.6. The number of benzene rings is 3. The van der Waals surface area contributed by atoms with Crippen molar-refractivity contribution in [2.24, 2.45) is 7.05 Å². The number of imidazole rings is 1. The van der Waals surface area contributed by atoms with Crippen molar-refractivity contribution in [3.8, 4) is 11.1 Å². The number of nitrogens with zero attached hydrogens (tertiary/aromatic N) is 2. The number of ether oxygens (including phenoxy) is 2. The molecule has 48 heavy (non-hydrogen) atoms. The molecule has 1 aliphatic rings. The van der Waals surface area contributed by atoms with Gasteiger partial charge < -0.3 is 24.5 Å². The lowest BCUT2D eigenvalue weighted by Gasteiger charge is -2.36. The predicted octanol–water partition coefficient (Wildman–Crippen LogP) is 6.38. The van der Waals surface area contributed by atoms with E-state index in [0.29, 0.717) is 25.8 Å². The highest BCUT2D eigenvalue weighted by Gasteiger charge is 2.32. The lowest BCUT2D eigenvalue weighted by Crippen LogP contribution is -2.31.